The highest BCUT2D eigenvalue weighted by molar-refractivity contribution is 6.30. The number of hydrogen-bond acceptors (Lipinski definition) is 6. The van der Waals surface area contributed by atoms with Crippen molar-refractivity contribution in [2.24, 2.45) is 11.8 Å². The predicted molar refractivity (Wildman–Crippen MR) is 165 cm³/mol. The molecule has 2 aromatic rings. The normalized spacial score (nSPS) is 26.0. The van der Waals surface area contributed by atoms with Gasteiger partial charge in [-0.15, -0.1) is 0 Å². The smallest absolute Gasteiger partial charge is 0.313 e. The molecule has 0 spiro atoms. The molecule has 0 saturated heterocycles. The Morgan fingerprint density at radius 1 is 1.05 bits per heavy atom. The number of rotatable bonds is 2. The number of benzene rings is 2. The number of anilines is 1. The van der Waals surface area contributed by atoms with Crippen LogP contribution in [0.4, 0.5) is 5.69 Å². The van der Waals surface area contributed by atoms with Gasteiger partial charge >= 0.3 is 5.97 Å². The first-order chi connectivity index (χ1) is 20.4. The first kappa shape index (κ1) is 30.4. The number of halogens is 1. The molecule has 226 valence electrons. The van der Waals surface area contributed by atoms with E-state index in [1.165, 1.54) is 12.7 Å². The number of nitrogens with zero attached hydrogens (tertiary/aromatic N) is 2. The van der Waals surface area contributed by atoms with Gasteiger partial charge in [0.05, 0.1) is 24.8 Å². The van der Waals surface area contributed by atoms with E-state index in [-0.39, 0.29) is 18.4 Å². The zero-order valence-electron chi connectivity index (χ0n) is 25.0. The number of methoxy groups -OCH3 is 2. The summed E-state index contributed by atoms with van der Waals surface area (Å²) in [7, 11) is 4.96. The van der Waals surface area contributed by atoms with Crippen molar-refractivity contribution in [3.8, 4) is 5.75 Å². The summed E-state index contributed by atoms with van der Waals surface area (Å²) in [4.78, 5) is 30.4. The van der Waals surface area contributed by atoms with Crippen LogP contribution in [0.2, 0.25) is 5.02 Å². The average molecular weight is 595 g/mol. The summed E-state index contributed by atoms with van der Waals surface area (Å²) >= 11 is 6.35. The van der Waals surface area contributed by atoms with Crippen LogP contribution in [0.15, 0.2) is 48.6 Å². The van der Waals surface area contributed by atoms with E-state index < -0.39 is 11.9 Å². The van der Waals surface area contributed by atoms with E-state index >= 15 is 0 Å². The lowest BCUT2D eigenvalue weighted by Gasteiger charge is -2.43. The molecule has 1 aliphatic carbocycles. The van der Waals surface area contributed by atoms with Crippen molar-refractivity contribution in [3.05, 3.63) is 70.3 Å². The first-order valence-corrected chi connectivity index (χ1v) is 15.6. The van der Waals surface area contributed by atoms with Gasteiger partial charge in [-0.3, -0.25) is 9.59 Å². The summed E-state index contributed by atoms with van der Waals surface area (Å²) in [5, 5.41) is 0.742. The van der Waals surface area contributed by atoms with E-state index in [2.05, 4.69) is 35.3 Å². The molecule has 2 heterocycles. The van der Waals surface area contributed by atoms with Gasteiger partial charge in [-0.05, 0) is 91.3 Å². The van der Waals surface area contributed by atoms with E-state index in [0.717, 1.165) is 79.2 Å². The minimum Gasteiger partial charge on any atom is -0.487 e. The molecule has 7 nitrogen and oxygen atoms in total. The van der Waals surface area contributed by atoms with E-state index in [0.29, 0.717) is 25.0 Å². The third-order valence-corrected chi connectivity index (χ3v) is 9.51. The molecule has 0 aromatic heterocycles. The molecule has 1 amide bonds. The second kappa shape index (κ2) is 14.0. The van der Waals surface area contributed by atoms with Gasteiger partial charge < -0.3 is 24.0 Å². The van der Waals surface area contributed by atoms with E-state index in [1.807, 2.05) is 18.2 Å². The zero-order chi connectivity index (χ0) is 29.6. The molecule has 2 bridgehead atoms. The van der Waals surface area contributed by atoms with Crippen LogP contribution in [0.3, 0.4) is 0 Å². The van der Waals surface area contributed by atoms with Crippen molar-refractivity contribution in [3.63, 3.8) is 0 Å². The highest BCUT2D eigenvalue weighted by Crippen LogP contribution is 2.42. The summed E-state index contributed by atoms with van der Waals surface area (Å²) < 4.78 is 17.7. The van der Waals surface area contributed by atoms with E-state index in [4.69, 9.17) is 25.8 Å². The molecular formula is C34H43ClN2O5. The Morgan fingerprint density at radius 2 is 1.90 bits per heavy atom. The lowest BCUT2D eigenvalue weighted by atomic mass is 9.70. The minimum absolute atomic E-state index is 0.0477. The Balaban J connectivity index is 1.56. The van der Waals surface area contributed by atoms with Gasteiger partial charge in [0.25, 0.3) is 0 Å². The van der Waals surface area contributed by atoms with Gasteiger partial charge in [0, 0.05) is 45.2 Å². The summed E-state index contributed by atoms with van der Waals surface area (Å²) in [6.45, 7) is 2.74. The second-order valence-corrected chi connectivity index (χ2v) is 12.3. The van der Waals surface area contributed by atoms with Gasteiger partial charge in [0.2, 0.25) is 5.91 Å². The van der Waals surface area contributed by atoms with E-state index in [1.54, 1.807) is 19.1 Å². The first-order valence-electron chi connectivity index (χ1n) is 15.2. The number of fused-ring (bicyclic) bond motifs is 3. The Hall–Kier alpha value is -3.03. The largest absolute Gasteiger partial charge is 0.487 e. The fourth-order valence-corrected chi connectivity index (χ4v) is 6.73. The number of esters is 1. The van der Waals surface area contributed by atoms with E-state index in [9.17, 15) is 9.59 Å². The molecule has 3 aliphatic rings. The monoisotopic (exact) mass is 594 g/mol. The van der Waals surface area contributed by atoms with Crippen molar-refractivity contribution < 1.29 is 23.8 Å². The SMILES string of the molecule is COC(=O)[C@@H]1CC(=O)N(C)CC/C=C/[C@H](OC)[C@@H]2CC[C@H]2CN2CCCCc3cc(Cl)ccc3COc3ccc1cc32. The third kappa shape index (κ3) is 6.95. The molecule has 0 N–H and O–H groups in total. The van der Waals surface area contributed by atoms with Gasteiger partial charge in [-0.25, -0.2) is 0 Å². The maximum absolute atomic E-state index is 13.2. The highest BCUT2D eigenvalue weighted by atomic mass is 35.5. The third-order valence-electron chi connectivity index (χ3n) is 9.27. The Morgan fingerprint density at radius 3 is 2.67 bits per heavy atom. The molecule has 4 atom stereocenters. The van der Waals surface area contributed by atoms with Crippen molar-refractivity contribution in [2.45, 2.75) is 63.6 Å². The number of aryl methyl sites for hydroxylation is 1. The summed E-state index contributed by atoms with van der Waals surface area (Å²) in [6, 6.07) is 11.9. The van der Waals surface area contributed by atoms with Crippen LogP contribution < -0.4 is 9.64 Å². The maximum Gasteiger partial charge on any atom is 0.313 e. The molecule has 2 aliphatic heterocycles. The molecule has 2 aromatic carbocycles. The molecular weight excluding hydrogens is 552 g/mol. The van der Waals surface area contributed by atoms with Crippen LogP contribution in [0.1, 0.15) is 61.1 Å². The van der Waals surface area contributed by atoms with Crippen LogP contribution in [0.5, 0.6) is 5.75 Å². The van der Waals surface area contributed by atoms with Crippen LogP contribution in [0.25, 0.3) is 0 Å². The topological polar surface area (TPSA) is 68.3 Å². The second-order valence-electron chi connectivity index (χ2n) is 11.8. The number of carbonyl (C=O) groups excluding carboxylic acids is 2. The van der Waals surface area contributed by atoms with Crippen molar-refractivity contribution in [2.75, 3.05) is 45.8 Å². The number of amides is 1. The van der Waals surface area contributed by atoms with Crippen LogP contribution in [-0.2, 0) is 32.1 Å². The molecule has 0 radical (unpaired) electrons. The lowest BCUT2D eigenvalue weighted by Crippen LogP contribution is -2.44. The van der Waals surface area contributed by atoms with Gasteiger partial charge in [-0.1, -0.05) is 35.9 Å². The quantitative estimate of drug-likeness (QED) is 0.306. The van der Waals surface area contributed by atoms with Crippen molar-refractivity contribution >= 4 is 29.2 Å². The van der Waals surface area contributed by atoms with Crippen molar-refractivity contribution in [1.29, 1.82) is 0 Å². The fraction of sp³-hybridized carbons (Fsp3) is 0.529. The molecule has 1 saturated carbocycles. The Kier molecular flexibility index (Phi) is 10.1. The van der Waals surface area contributed by atoms with Gasteiger partial charge in [-0.2, -0.15) is 0 Å². The summed E-state index contributed by atoms with van der Waals surface area (Å²) in [5.41, 5.74) is 4.08. The standard InChI is InChI=1S/C34H43ClN2O5/c1-36-16-6-5-9-31(40-2)28-14-11-25(28)21-37-17-7-4-8-23-18-27(35)13-10-26(23)22-42-32-15-12-24(19-30(32)37)29(20-33(36)38)34(39)41-3/h5,9-10,12-13,15,18-19,25,28-29,31H,4,6-8,11,14,16-17,20-22H2,1-3H3/b9-5+/t25-,28+,29+,31-/m0/s1. The maximum atomic E-state index is 13.2. The van der Waals surface area contributed by atoms with Gasteiger partial charge in [0.1, 0.15) is 12.4 Å². The Labute approximate surface area is 254 Å². The fourth-order valence-electron chi connectivity index (χ4n) is 6.54. The molecule has 5 rings (SSSR count). The van der Waals surface area contributed by atoms with Gasteiger partial charge in [0.15, 0.2) is 0 Å². The predicted octanol–water partition coefficient (Wildman–Crippen LogP) is 6.17. The number of carbonyl (C=O) groups is 2. The highest BCUT2D eigenvalue weighted by Gasteiger charge is 2.38. The zero-order valence-corrected chi connectivity index (χ0v) is 25.8. The number of hydrogen-bond donors (Lipinski definition) is 0. The van der Waals surface area contributed by atoms with Crippen molar-refractivity contribution in [1.82, 2.24) is 4.90 Å². The minimum atomic E-state index is -0.698. The molecule has 8 heteroatoms. The molecule has 42 heavy (non-hydrogen) atoms. The van der Waals surface area contributed by atoms with Crippen LogP contribution in [-0.4, -0.2) is 63.8 Å². The summed E-state index contributed by atoms with van der Waals surface area (Å²) in [6.07, 6.45) is 10.4. The van der Waals surface area contributed by atoms with Crippen LogP contribution in [0, 0.1) is 11.8 Å². The number of ether oxygens (including phenoxy) is 3. The molecule has 1 fully saturated rings. The molecule has 0 unspecified atom stereocenters. The lowest BCUT2D eigenvalue weighted by molar-refractivity contribution is -0.145. The Bertz CT molecular complexity index is 1300. The average Bonchev–Trinajstić information content (AvgIpc) is 3.01. The van der Waals surface area contributed by atoms with Crippen LogP contribution >= 0.6 is 11.6 Å². The summed E-state index contributed by atoms with van der Waals surface area (Å²) in [5.74, 6) is 0.483.